The number of hydrogen-bond donors (Lipinski definition) is 4. The Morgan fingerprint density at radius 2 is 1.69 bits per heavy atom. The second-order valence-corrected chi connectivity index (χ2v) is 13.1. The number of Topliss-reactive ketones (excluding diaryl/α,β-unsaturated/α-hetero) is 1. The van der Waals surface area contributed by atoms with Crippen molar-refractivity contribution in [3.63, 3.8) is 0 Å². The van der Waals surface area contributed by atoms with E-state index >= 15 is 0 Å². The van der Waals surface area contributed by atoms with E-state index < -0.39 is 41.1 Å². The third kappa shape index (κ3) is 7.45. The number of carbonyl (C=O) groups excluding carboxylic acids is 6. The highest BCUT2D eigenvalue weighted by atomic mass is 16.2. The summed E-state index contributed by atoms with van der Waals surface area (Å²) in [6.07, 6.45) is 7.93. The van der Waals surface area contributed by atoms with Gasteiger partial charge in [0.25, 0.3) is 11.5 Å². The summed E-state index contributed by atoms with van der Waals surface area (Å²) in [7, 11) is 0. The Morgan fingerprint density at radius 1 is 1.00 bits per heavy atom. The minimum Gasteiger partial charge on any atom is -0.351 e. The average Bonchev–Trinajstić information content (AvgIpc) is 3.49. The SMILES string of the molecule is CCNC(=O)C(=O)CC[C@H](NC(=O)[C@@H]1CCCN1C(C)=O)C(=O)Nc1cccn(CC(=O)NC2C3CC4CC(C3)CC2C4)c1=O. The molecule has 0 radical (unpaired) electrons. The molecular weight excluding hydrogens is 580 g/mol. The van der Waals surface area contributed by atoms with E-state index in [1.807, 2.05) is 0 Å². The summed E-state index contributed by atoms with van der Waals surface area (Å²) >= 11 is 0. The van der Waals surface area contributed by atoms with Gasteiger partial charge in [0.05, 0.1) is 0 Å². The number of nitrogens with zero attached hydrogens (tertiary/aromatic N) is 2. The largest absolute Gasteiger partial charge is 0.351 e. The molecule has 1 aliphatic heterocycles. The number of hydrogen-bond acceptors (Lipinski definition) is 7. The van der Waals surface area contributed by atoms with Crippen LogP contribution in [0.2, 0.25) is 0 Å². The van der Waals surface area contributed by atoms with Crippen molar-refractivity contribution in [3.05, 3.63) is 28.7 Å². The van der Waals surface area contributed by atoms with Crippen LogP contribution < -0.4 is 26.8 Å². The van der Waals surface area contributed by atoms with Crippen molar-refractivity contribution >= 4 is 41.0 Å². The third-order valence-electron chi connectivity index (χ3n) is 9.99. The molecule has 4 saturated carbocycles. The number of rotatable bonds is 12. The summed E-state index contributed by atoms with van der Waals surface area (Å²) in [5, 5.41) is 10.8. The fourth-order valence-corrected chi connectivity index (χ4v) is 8.12. The van der Waals surface area contributed by atoms with Gasteiger partial charge in [-0.05, 0) is 94.1 Å². The van der Waals surface area contributed by atoms with E-state index in [2.05, 4.69) is 21.3 Å². The molecule has 13 nitrogen and oxygen atoms in total. The molecule has 0 aromatic carbocycles. The van der Waals surface area contributed by atoms with Crippen molar-refractivity contribution in [1.82, 2.24) is 25.4 Å². The van der Waals surface area contributed by atoms with Gasteiger partial charge in [0.1, 0.15) is 24.3 Å². The quantitative estimate of drug-likeness (QED) is 0.248. The molecule has 0 spiro atoms. The molecule has 2 atom stereocenters. The van der Waals surface area contributed by atoms with E-state index in [0.29, 0.717) is 31.2 Å². The van der Waals surface area contributed by atoms with Crippen molar-refractivity contribution in [2.75, 3.05) is 18.4 Å². The maximum atomic E-state index is 13.4. The Labute approximate surface area is 262 Å². The fraction of sp³-hybridized carbons (Fsp3) is 0.656. The summed E-state index contributed by atoms with van der Waals surface area (Å²) in [6.45, 7) is 3.51. The topological polar surface area (TPSA) is 176 Å². The highest BCUT2D eigenvalue weighted by Gasteiger charge is 2.48. The molecule has 5 amide bonds. The first-order chi connectivity index (χ1) is 21.5. The Bertz CT molecular complexity index is 1380. The molecule has 2 heterocycles. The molecule has 1 aromatic heterocycles. The summed E-state index contributed by atoms with van der Waals surface area (Å²) in [5.74, 6) is -0.840. The lowest BCUT2D eigenvalue weighted by atomic mass is 9.54. The van der Waals surface area contributed by atoms with Gasteiger partial charge in [0.2, 0.25) is 29.4 Å². The molecule has 1 aromatic rings. The van der Waals surface area contributed by atoms with Gasteiger partial charge in [-0.15, -0.1) is 0 Å². The van der Waals surface area contributed by atoms with Crippen LogP contribution in [0, 0.1) is 23.7 Å². The average molecular weight is 625 g/mol. The minimum atomic E-state index is -1.27. The zero-order chi connectivity index (χ0) is 32.2. The summed E-state index contributed by atoms with van der Waals surface area (Å²) in [4.78, 5) is 90.7. The molecule has 0 unspecified atom stereocenters. The normalized spacial score (nSPS) is 27.0. The van der Waals surface area contributed by atoms with E-state index in [1.165, 1.54) is 35.1 Å². The van der Waals surface area contributed by atoms with Gasteiger partial charge < -0.3 is 30.7 Å². The van der Waals surface area contributed by atoms with Crippen LogP contribution in [-0.2, 0) is 35.3 Å². The highest BCUT2D eigenvalue weighted by molar-refractivity contribution is 6.36. The molecule has 6 rings (SSSR count). The molecule has 1 saturated heterocycles. The fourth-order valence-electron chi connectivity index (χ4n) is 8.12. The van der Waals surface area contributed by atoms with Crippen LogP contribution in [0.1, 0.15) is 71.6 Å². The zero-order valence-corrected chi connectivity index (χ0v) is 26.0. The molecule has 13 heteroatoms. The van der Waals surface area contributed by atoms with Crippen molar-refractivity contribution < 1.29 is 28.8 Å². The summed E-state index contributed by atoms with van der Waals surface area (Å²) < 4.78 is 1.23. The predicted molar refractivity (Wildman–Crippen MR) is 164 cm³/mol. The summed E-state index contributed by atoms with van der Waals surface area (Å²) in [5.41, 5.74) is -0.682. The number of amides is 5. The maximum Gasteiger partial charge on any atom is 0.287 e. The lowest BCUT2D eigenvalue weighted by Gasteiger charge is -2.54. The highest BCUT2D eigenvalue weighted by Crippen LogP contribution is 2.53. The standard InChI is InChI=1S/C32H44N6O7/c1-3-33-31(44)26(40)9-8-23(34-30(43)25-7-5-11-38(25)18(2)39)29(42)35-24-6-4-10-37(32(24)45)17-27(41)36-28-21-13-19-12-20(15-21)16-22(28)14-19/h4,6,10,19-23,25,28H,3,5,7-9,11-17H2,1-2H3,(H,33,44)(H,34,43)(H,35,42)(H,36,41)/t19?,20?,21?,22?,23-,25-,28?/m0/s1. The minimum absolute atomic E-state index is 0.0922. The van der Waals surface area contributed by atoms with Crippen LogP contribution in [0.3, 0.4) is 0 Å². The number of aromatic nitrogens is 1. The molecule has 4 N–H and O–H groups in total. The Balaban J connectivity index is 1.24. The van der Waals surface area contributed by atoms with Gasteiger partial charge in [-0.1, -0.05) is 0 Å². The van der Waals surface area contributed by atoms with Crippen molar-refractivity contribution in [2.45, 2.75) is 96.3 Å². The lowest BCUT2D eigenvalue weighted by molar-refractivity contribution is -0.139. The predicted octanol–water partition coefficient (Wildman–Crippen LogP) is 0.709. The number of likely N-dealkylation sites (tertiary alicyclic amines) is 1. The van der Waals surface area contributed by atoms with E-state index in [0.717, 1.165) is 37.5 Å². The van der Waals surface area contributed by atoms with Crippen molar-refractivity contribution in [1.29, 1.82) is 0 Å². The van der Waals surface area contributed by atoms with Crippen molar-refractivity contribution in [3.8, 4) is 0 Å². The number of pyridine rings is 1. The van der Waals surface area contributed by atoms with Gasteiger partial charge in [-0.3, -0.25) is 33.6 Å². The van der Waals surface area contributed by atoms with E-state index in [9.17, 15) is 33.6 Å². The Morgan fingerprint density at radius 3 is 2.33 bits per heavy atom. The summed E-state index contributed by atoms with van der Waals surface area (Å²) in [6, 6.07) is 1.05. The Kier molecular flexibility index (Phi) is 10.0. The molecule has 45 heavy (non-hydrogen) atoms. The van der Waals surface area contributed by atoms with Crippen LogP contribution >= 0.6 is 0 Å². The van der Waals surface area contributed by atoms with Crippen LogP contribution in [0.25, 0.3) is 0 Å². The van der Waals surface area contributed by atoms with Gasteiger partial charge >= 0.3 is 0 Å². The number of anilines is 1. The van der Waals surface area contributed by atoms with Gasteiger partial charge in [0, 0.05) is 38.7 Å². The molecule has 244 valence electrons. The first kappa shape index (κ1) is 32.4. The molecule has 4 aliphatic carbocycles. The van der Waals surface area contributed by atoms with Crippen molar-refractivity contribution in [2.24, 2.45) is 23.7 Å². The maximum absolute atomic E-state index is 13.4. The van der Waals surface area contributed by atoms with E-state index in [-0.39, 0.29) is 49.5 Å². The van der Waals surface area contributed by atoms with Crippen LogP contribution in [0.15, 0.2) is 23.1 Å². The molecule has 5 aliphatic rings. The van der Waals surface area contributed by atoms with Gasteiger partial charge in [-0.25, -0.2) is 0 Å². The number of likely N-dealkylation sites (N-methyl/N-ethyl adjacent to an activating group) is 1. The number of nitrogens with one attached hydrogen (secondary N) is 4. The third-order valence-corrected chi connectivity index (χ3v) is 9.99. The van der Waals surface area contributed by atoms with Crippen LogP contribution in [0.5, 0.6) is 0 Å². The number of carbonyl (C=O) groups is 6. The van der Waals surface area contributed by atoms with Crippen LogP contribution in [0.4, 0.5) is 5.69 Å². The molecule has 4 bridgehead atoms. The van der Waals surface area contributed by atoms with E-state index in [4.69, 9.17) is 0 Å². The van der Waals surface area contributed by atoms with Crippen LogP contribution in [-0.4, -0.2) is 76.0 Å². The van der Waals surface area contributed by atoms with E-state index in [1.54, 1.807) is 13.0 Å². The van der Waals surface area contributed by atoms with Gasteiger partial charge in [-0.2, -0.15) is 0 Å². The van der Waals surface area contributed by atoms with Gasteiger partial charge in [0.15, 0.2) is 0 Å². The second-order valence-electron chi connectivity index (χ2n) is 13.1. The molecule has 5 fully saturated rings. The lowest BCUT2D eigenvalue weighted by Crippen LogP contribution is -2.56. The smallest absolute Gasteiger partial charge is 0.287 e. The Hall–Kier alpha value is -4.03. The molecular formula is C32H44N6O7. The second kappa shape index (κ2) is 13.9. The zero-order valence-electron chi connectivity index (χ0n) is 26.0. The monoisotopic (exact) mass is 624 g/mol. The first-order valence-corrected chi connectivity index (χ1v) is 16.2. The number of ketones is 1. The first-order valence-electron chi connectivity index (χ1n) is 16.2.